The fourth-order valence-electron chi connectivity index (χ4n) is 3.35. The number of nitrogens with one attached hydrogen (secondary N) is 1. The van der Waals surface area contributed by atoms with Gasteiger partial charge in [0.15, 0.2) is 9.84 Å². The first kappa shape index (κ1) is 20.0. The van der Waals surface area contributed by atoms with Crippen LogP contribution in [0.5, 0.6) is 0 Å². The molecule has 1 amide bonds. The molecule has 1 atom stereocenters. The molecule has 1 saturated heterocycles. The standard InChI is InChI=1S/C19H23N5O3S/c1-15-11-18(24(22-15)17-7-10-28(26,27)14-17)21-19(25)13-23(9-8-20)12-16-5-3-2-4-6-16/h2-6,11,17H,7,9-10,12-14H2,1H3,(H,21,25). The molecule has 1 aliphatic heterocycles. The molecule has 28 heavy (non-hydrogen) atoms. The maximum atomic E-state index is 12.6. The summed E-state index contributed by atoms with van der Waals surface area (Å²) in [4.78, 5) is 14.3. The van der Waals surface area contributed by atoms with E-state index >= 15 is 0 Å². The lowest BCUT2D eigenvalue weighted by molar-refractivity contribution is -0.117. The molecule has 3 rings (SSSR count). The number of carbonyl (C=O) groups excluding carboxylic acids is 1. The van der Waals surface area contributed by atoms with Crippen LogP contribution in [0.1, 0.15) is 23.7 Å². The number of anilines is 1. The molecule has 9 heteroatoms. The molecular formula is C19H23N5O3S. The van der Waals surface area contributed by atoms with Gasteiger partial charge in [0, 0.05) is 12.6 Å². The zero-order chi connectivity index (χ0) is 20.1. The first-order chi connectivity index (χ1) is 13.4. The van der Waals surface area contributed by atoms with Crippen molar-refractivity contribution in [3.8, 4) is 6.07 Å². The van der Waals surface area contributed by atoms with Crippen molar-refractivity contribution in [1.82, 2.24) is 14.7 Å². The Morgan fingerprint density at radius 1 is 1.39 bits per heavy atom. The summed E-state index contributed by atoms with van der Waals surface area (Å²) >= 11 is 0. The summed E-state index contributed by atoms with van der Waals surface area (Å²) in [6, 6.07) is 13.2. The molecule has 0 spiro atoms. The van der Waals surface area contributed by atoms with Crippen LogP contribution in [0.3, 0.4) is 0 Å². The number of nitrogens with zero attached hydrogens (tertiary/aromatic N) is 4. The highest BCUT2D eigenvalue weighted by Crippen LogP contribution is 2.27. The molecule has 0 aliphatic carbocycles. The van der Waals surface area contributed by atoms with Crippen LogP contribution >= 0.6 is 0 Å². The maximum absolute atomic E-state index is 12.6. The number of hydrogen-bond acceptors (Lipinski definition) is 6. The van der Waals surface area contributed by atoms with Crippen LogP contribution in [-0.2, 0) is 21.2 Å². The van der Waals surface area contributed by atoms with Crippen LogP contribution in [0.4, 0.5) is 5.82 Å². The first-order valence-corrected chi connectivity index (χ1v) is 10.9. The molecule has 2 heterocycles. The number of benzene rings is 1. The Kier molecular flexibility index (Phi) is 6.11. The molecule has 1 N–H and O–H groups in total. The van der Waals surface area contributed by atoms with Crippen molar-refractivity contribution in [1.29, 1.82) is 5.26 Å². The van der Waals surface area contributed by atoms with Gasteiger partial charge in [-0.2, -0.15) is 10.4 Å². The third kappa shape index (κ3) is 5.18. The minimum atomic E-state index is -3.06. The number of rotatable bonds is 7. The summed E-state index contributed by atoms with van der Waals surface area (Å²) in [5.74, 6) is 0.386. The van der Waals surface area contributed by atoms with Gasteiger partial charge in [-0.15, -0.1) is 0 Å². The van der Waals surface area contributed by atoms with Gasteiger partial charge in [-0.1, -0.05) is 30.3 Å². The number of aryl methyl sites for hydroxylation is 1. The second kappa shape index (κ2) is 8.54. The summed E-state index contributed by atoms with van der Waals surface area (Å²) < 4.78 is 25.2. The molecule has 148 valence electrons. The number of hydrogen-bond donors (Lipinski definition) is 1. The van der Waals surface area contributed by atoms with Gasteiger partial charge in [0.1, 0.15) is 5.82 Å². The Bertz CT molecular complexity index is 979. The van der Waals surface area contributed by atoms with Gasteiger partial charge in [0.25, 0.3) is 0 Å². The molecule has 1 fully saturated rings. The molecule has 1 unspecified atom stereocenters. The monoisotopic (exact) mass is 401 g/mol. The van der Waals surface area contributed by atoms with Gasteiger partial charge in [-0.3, -0.25) is 9.69 Å². The summed E-state index contributed by atoms with van der Waals surface area (Å²) in [7, 11) is -3.06. The lowest BCUT2D eigenvalue weighted by atomic mass is 10.2. The van der Waals surface area contributed by atoms with Crippen LogP contribution in [0.25, 0.3) is 0 Å². The average Bonchev–Trinajstić information content (AvgIpc) is 3.17. The summed E-state index contributed by atoms with van der Waals surface area (Å²) in [6.07, 6.45) is 0.487. The van der Waals surface area contributed by atoms with E-state index < -0.39 is 9.84 Å². The zero-order valence-electron chi connectivity index (χ0n) is 15.7. The van der Waals surface area contributed by atoms with E-state index in [0.29, 0.717) is 24.5 Å². The van der Waals surface area contributed by atoms with Gasteiger partial charge < -0.3 is 5.32 Å². The van der Waals surface area contributed by atoms with Crippen LogP contribution in [-0.4, -0.2) is 53.6 Å². The fraction of sp³-hybridized carbons (Fsp3) is 0.421. The number of carbonyl (C=O) groups is 1. The largest absolute Gasteiger partial charge is 0.310 e. The van der Waals surface area contributed by atoms with E-state index in [1.54, 1.807) is 22.6 Å². The number of amides is 1. The van der Waals surface area contributed by atoms with Gasteiger partial charge in [-0.05, 0) is 18.9 Å². The Morgan fingerprint density at radius 2 is 2.14 bits per heavy atom. The Labute approximate surface area is 164 Å². The normalized spacial score (nSPS) is 18.1. The molecule has 0 radical (unpaired) electrons. The van der Waals surface area contributed by atoms with Gasteiger partial charge in [-0.25, -0.2) is 13.1 Å². The van der Waals surface area contributed by atoms with Crippen LogP contribution < -0.4 is 5.32 Å². The minimum absolute atomic E-state index is 0.0333. The third-order valence-corrected chi connectivity index (χ3v) is 6.34. The van der Waals surface area contributed by atoms with E-state index in [0.717, 1.165) is 5.56 Å². The molecular weight excluding hydrogens is 378 g/mol. The highest BCUT2D eigenvalue weighted by Gasteiger charge is 2.31. The molecule has 1 aliphatic rings. The maximum Gasteiger partial charge on any atom is 0.239 e. The van der Waals surface area contributed by atoms with Gasteiger partial charge in [0.05, 0.1) is 42.4 Å². The van der Waals surface area contributed by atoms with E-state index in [2.05, 4.69) is 16.5 Å². The van der Waals surface area contributed by atoms with E-state index in [1.807, 2.05) is 30.3 Å². The highest BCUT2D eigenvalue weighted by molar-refractivity contribution is 7.91. The van der Waals surface area contributed by atoms with Gasteiger partial charge in [0.2, 0.25) is 5.91 Å². The van der Waals surface area contributed by atoms with E-state index in [4.69, 9.17) is 5.26 Å². The third-order valence-electron chi connectivity index (χ3n) is 4.59. The number of aromatic nitrogens is 2. The molecule has 0 bridgehead atoms. The van der Waals surface area contributed by atoms with Crippen molar-refractivity contribution in [2.75, 3.05) is 29.9 Å². The highest BCUT2D eigenvalue weighted by atomic mass is 32.2. The number of nitriles is 1. The van der Waals surface area contributed by atoms with E-state index in [-0.39, 0.29) is 36.5 Å². The Balaban J connectivity index is 1.68. The predicted octanol–water partition coefficient (Wildman–Crippen LogP) is 1.52. The van der Waals surface area contributed by atoms with Crippen LogP contribution in [0, 0.1) is 18.3 Å². The second-order valence-corrected chi connectivity index (χ2v) is 9.24. The van der Waals surface area contributed by atoms with Gasteiger partial charge >= 0.3 is 0 Å². The molecule has 2 aromatic rings. The van der Waals surface area contributed by atoms with E-state index in [1.165, 1.54) is 0 Å². The lowest BCUT2D eigenvalue weighted by Gasteiger charge is -2.19. The van der Waals surface area contributed by atoms with Crippen LogP contribution in [0.2, 0.25) is 0 Å². The Morgan fingerprint density at radius 3 is 2.79 bits per heavy atom. The van der Waals surface area contributed by atoms with Crippen molar-refractivity contribution in [3.63, 3.8) is 0 Å². The summed E-state index contributed by atoms with van der Waals surface area (Å²) in [6.45, 7) is 2.46. The summed E-state index contributed by atoms with van der Waals surface area (Å²) in [5.41, 5.74) is 1.72. The topological polar surface area (TPSA) is 108 Å². The summed E-state index contributed by atoms with van der Waals surface area (Å²) in [5, 5.41) is 16.3. The van der Waals surface area contributed by atoms with Crippen molar-refractivity contribution < 1.29 is 13.2 Å². The Hall–Kier alpha value is -2.70. The van der Waals surface area contributed by atoms with Crippen molar-refractivity contribution in [2.24, 2.45) is 0 Å². The minimum Gasteiger partial charge on any atom is -0.310 e. The van der Waals surface area contributed by atoms with Crippen molar-refractivity contribution >= 4 is 21.6 Å². The predicted molar refractivity (Wildman–Crippen MR) is 105 cm³/mol. The number of sulfone groups is 1. The smallest absolute Gasteiger partial charge is 0.239 e. The molecule has 0 saturated carbocycles. The van der Waals surface area contributed by atoms with Crippen LogP contribution in [0.15, 0.2) is 36.4 Å². The molecule has 1 aromatic carbocycles. The first-order valence-electron chi connectivity index (χ1n) is 9.06. The van der Waals surface area contributed by atoms with Crippen molar-refractivity contribution in [2.45, 2.75) is 25.9 Å². The fourth-order valence-corrected chi connectivity index (χ4v) is 5.04. The SMILES string of the molecule is Cc1cc(NC(=O)CN(CC#N)Cc2ccccc2)n(C2CCS(=O)(=O)C2)n1. The molecule has 1 aromatic heterocycles. The van der Waals surface area contributed by atoms with E-state index in [9.17, 15) is 13.2 Å². The molecule has 8 nitrogen and oxygen atoms in total. The van der Waals surface area contributed by atoms with Crippen molar-refractivity contribution in [3.05, 3.63) is 47.7 Å². The quantitative estimate of drug-likeness (QED) is 0.705. The lowest BCUT2D eigenvalue weighted by Crippen LogP contribution is -2.34. The zero-order valence-corrected chi connectivity index (χ0v) is 16.5. The average molecular weight is 401 g/mol. The second-order valence-electron chi connectivity index (χ2n) is 7.01.